The molecule has 1 atom stereocenters. The predicted molar refractivity (Wildman–Crippen MR) is 37.3 cm³/mol. The van der Waals surface area contributed by atoms with Gasteiger partial charge in [-0.3, -0.25) is 0 Å². The standard InChI is InChI=1S/C7H8N2O/c10-7-8-5-3-1-2-4-6(5)9-7/h1-3,6H,4H2,(H2,8,9,10). The molecule has 3 heteroatoms. The van der Waals surface area contributed by atoms with Crippen molar-refractivity contribution in [2.45, 2.75) is 12.5 Å². The van der Waals surface area contributed by atoms with Crippen LogP contribution in [0.3, 0.4) is 0 Å². The van der Waals surface area contributed by atoms with E-state index in [1.54, 1.807) is 0 Å². The van der Waals surface area contributed by atoms with E-state index >= 15 is 0 Å². The van der Waals surface area contributed by atoms with E-state index in [2.05, 4.69) is 10.6 Å². The first kappa shape index (κ1) is 5.53. The molecule has 2 amide bonds. The highest BCUT2D eigenvalue weighted by Gasteiger charge is 2.25. The molecule has 1 aliphatic heterocycles. The van der Waals surface area contributed by atoms with Gasteiger partial charge in [-0.1, -0.05) is 12.2 Å². The van der Waals surface area contributed by atoms with E-state index in [4.69, 9.17) is 0 Å². The van der Waals surface area contributed by atoms with Gasteiger partial charge in [0.05, 0.1) is 6.04 Å². The first-order chi connectivity index (χ1) is 4.86. The number of fused-ring (bicyclic) bond motifs is 1. The predicted octanol–water partition coefficient (Wildman–Crippen LogP) is 0.512. The van der Waals surface area contributed by atoms with Gasteiger partial charge in [0.15, 0.2) is 0 Å². The number of hydrogen-bond donors (Lipinski definition) is 2. The van der Waals surface area contributed by atoms with Crippen LogP contribution in [0.4, 0.5) is 4.79 Å². The van der Waals surface area contributed by atoms with Crippen LogP contribution >= 0.6 is 0 Å². The van der Waals surface area contributed by atoms with Crippen molar-refractivity contribution >= 4 is 6.03 Å². The summed E-state index contributed by atoms with van der Waals surface area (Å²) in [5.74, 6) is 0. The van der Waals surface area contributed by atoms with E-state index in [-0.39, 0.29) is 12.1 Å². The Labute approximate surface area is 58.8 Å². The van der Waals surface area contributed by atoms with Gasteiger partial charge in [-0.05, 0) is 12.5 Å². The van der Waals surface area contributed by atoms with Gasteiger partial charge in [-0.15, -0.1) is 0 Å². The van der Waals surface area contributed by atoms with Crippen LogP contribution < -0.4 is 10.6 Å². The molecule has 0 aromatic heterocycles. The molecule has 0 aromatic rings. The van der Waals surface area contributed by atoms with Gasteiger partial charge >= 0.3 is 6.03 Å². The first-order valence-electron chi connectivity index (χ1n) is 3.30. The Morgan fingerprint density at radius 3 is 3.30 bits per heavy atom. The molecule has 1 aliphatic carbocycles. The van der Waals surface area contributed by atoms with Gasteiger partial charge in [0.2, 0.25) is 0 Å². The van der Waals surface area contributed by atoms with Crippen molar-refractivity contribution in [3.05, 3.63) is 23.9 Å². The smallest absolute Gasteiger partial charge is 0.319 e. The molecule has 1 fully saturated rings. The maximum Gasteiger partial charge on any atom is 0.319 e. The second-order valence-electron chi connectivity index (χ2n) is 2.44. The summed E-state index contributed by atoms with van der Waals surface area (Å²) in [6.07, 6.45) is 6.83. The number of amides is 2. The van der Waals surface area contributed by atoms with E-state index < -0.39 is 0 Å². The van der Waals surface area contributed by atoms with Gasteiger partial charge in [0.1, 0.15) is 0 Å². The molecule has 52 valence electrons. The van der Waals surface area contributed by atoms with Crippen LogP contribution in [0.1, 0.15) is 6.42 Å². The highest BCUT2D eigenvalue weighted by molar-refractivity contribution is 5.80. The fourth-order valence-corrected chi connectivity index (χ4v) is 1.22. The summed E-state index contributed by atoms with van der Waals surface area (Å²) in [7, 11) is 0. The average molecular weight is 136 g/mol. The Balaban J connectivity index is 2.26. The molecule has 0 aromatic carbocycles. The highest BCUT2D eigenvalue weighted by atomic mass is 16.2. The number of hydrogen-bond acceptors (Lipinski definition) is 1. The molecule has 0 radical (unpaired) electrons. The second-order valence-corrected chi connectivity index (χ2v) is 2.44. The third-order valence-corrected chi connectivity index (χ3v) is 1.72. The lowest BCUT2D eigenvalue weighted by molar-refractivity contribution is 0.247. The van der Waals surface area contributed by atoms with E-state index in [0.717, 1.165) is 12.1 Å². The van der Waals surface area contributed by atoms with Gasteiger partial charge in [-0.25, -0.2) is 4.79 Å². The van der Waals surface area contributed by atoms with Crippen LogP contribution in [-0.4, -0.2) is 12.1 Å². The Bertz CT molecular complexity index is 230. The molecule has 2 aliphatic rings. The number of carbonyl (C=O) groups excluding carboxylic acids is 1. The molecular formula is C7H8N2O. The monoisotopic (exact) mass is 136 g/mol. The number of rotatable bonds is 0. The second kappa shape index (κ2) is 1.87. The Morgan fingerprint density at radius 1 is 1.60 bits per heavy atom. The number of nitrogens with one attached hydrogen (secondary N) is 2. The lowest BCUT2D eigenvalue weighted by atomic mass is 10.1. The van der Waals surface area contributed by atoms with Crippen molar-refractivity contribution in [3.8, 4) is 0 Å². The van der Waals surface area contributed by atoms with Crippen LogP contribution in [0.2, 0.25) is 0 Å². The summed E-state index contributed by atoms with van der Waals surface area (Å²) in [5.41, 5.74) is 0.993. The highest BCUT2D eigenvalue weighted by Crippen LogP contribution is 2.13. The lowest BCUT2D eigenvalue weighted by Crippen LogP contribution is -2.25. The Morgan fingerprint density at radius 2 is 2.50 bits per heavy atom. The summed E-state index contributed by atoms with van der Waals surface area (Å²) in [6.45, 7) is 0. The van der Waals surface area contributed by atoms with E-state index in [1.807, 2.05) is 18.2 Å². The molecule has 10 heavy (non-hydrogen) atoms. The van der Waals surface area contributed by atoms with Crippen molar-refractivity contribution < 1.29 is 4.79 Å². The maximum absolute atomic E-state index is 10.7. The SMILES string of the molecule is O=C1NC2=CC=CCC2N1. The molecule has 0 bridgehead atoms. The molecule has 1 heterocycles. The third-order valence-electron chi connectivity index (χ3n) is 1.72. The topological polar surface area (TPSA) is 41.1 Å². The Hall–Kier alpha value is -1.25. The average Bonchev–Trinajstić information content (AvgIpc) is 2.27. The van der Waals surface area contributed by atoms with E-state index in [0.29, 0.717) is 0 Å². The summed E-state index contributed by atoms with van der Waals surface area (Å²) < 4.78 is 0. The molecule has 3 nitrogen and oxygen atoms in total. The van der Waals surface area contributed by atoms with Crippen molar-refractivity contribution in [1.82, 2.24) is 10.6 Å². The number of carbonyl (C=O) groups is 1. The van der Waals surface area contributed by atoms with Gasteiger partial charge < -0.3 is 10.6 Å². The summed E-state index contributed by atoms with van der Waals surface area (Å²) in [4.78, 5) is 10.7. The minimum atomic E-state index is -0.0834. The first-order valence-corrected chi connectivity index (χ1v) is 3.30. The van der Waals surface area contributed by atoms with Gasteiger partial charge in [0.25, 0.3) is 0 Å². The quantitative estimate of drug-likeness (QED) is 0.500. The normalized spacial score (nSPS) is 28.6. The third kappa shape index (κ3) is 0.708. The zero-order chi connectivity index (χ0) is 6.97. The number of urea groups is 1. The van der Waals surface area contributed by atoms with Gasteiger partial charge in [-0.2, -0.15) is 0 Å². The van der Waals surface area contributed by atoms with Crippen LogP contribution in [-0.2, 0) is 0 Å². The molecule has 2 N–H and O–H groups in total. The van der Waals surface area contributed by atoms with Gasteiger partial charge in [0, 0.05) is 5.70 Å². The van der Waals surface area contributed by atoms with E-state index in [1.165, 1.54) is 0 Å². The largest absolute Gasteiger partial charge is 0.329 e. The van der Waals surface area contributed by atoms with Crippen molar-refractivity contribution in [2.24, 2.45) is 0 Å². The van der Waals surface area contributed by atoms with Crippen LogP contribution in [0, 0.1) is 0 Å². The van der Waals surface area contributed by atoms with Crippen molar-refractivity contribution in [1.29, 1.82) is 0 Å². The summed E-state index contributed by atoms with van der Waals surface area (Å²) >= 11 is 0. The molecule has 0 saturated carbocycles. The minimum absolute atomic E-state index is 0.0834. The molecule has 2 rings (SSSR count). The lowest BCUT2D eigenvalue weighted by Gasteiger charge is -2.09. The fraction of sp³-hybridized carbons (Fsp3) is 0.286. The molecule has 1 unspecified atom stereocenters. The van der Waals surface area contributed by atoms with Crippen LogP contribution in [0.5, 0.6) is 0 Å². The molecular weight excluding hydrogens is 128 g/mol. The fourth-order valence-electron chi connectivity index (χ4n) is 1.22. The van der Waals surface area contributed by atoms with Crippen LogP contribution in [0.25, 0.3) is 0 Å². The summed E-state index contributed by atoms with van der Waals surface area (Å²) in [5, 5.41) is 5.50. The Kier molecular flexibility index (Phi) is 1.03. The summed E-state index contributed by atoms with van der Waals surface area (Å²) in [6, 6.07) is 0.123. The zero-order valence-corrected chi connectivity index (χ0v) is 5.42. The van der Waals surface area contributed by atoms with Crippen LogP contribution in [0.15, 0.2) is 23.9 Å². The maximum atomic E-state index is 10.7. The molecule has 0 spiro atoms. The zero-order valence-electron chi connectivity index (χ0n) is 5.42. The molecule has 1 saturated heterocycles. The van der Waals surface area contributed by atoms with Crippen molar-refractivity contribution in [3.63, 3.8) is 0 Å². The van der Waals surface area contributed by atoms with E-state index in [9.17, 15) is 4.79 Å². The number of allylic oxidation sites excluding steroid dienone is 2. The van der Waals surface area contributed by atoms with Crippen molar-refractivity contribution in [2.75, 3.05) is 0 Å². The minimum Gasteiger partial charge on any atom is -0.329 e.